The maximum absolute atomic E-state index is 10.7. The maximum atomic E-state index is 10.7. The summed E-state index contributed by atoms with van der Waals surface area (Å²) in [6.45, 7) is 0. The molecule has 0 aliphatic carbocycles. The first kappa shape index (κ1) is 9.72. The number of carboxylic acids is 1. The highest BCUT2D eigenvalue weighted by molar-refractivity contribution is 7.99. The van der Waals surface area contributed by atoms with Crippen LogP contribution in [0.15, 0.2) is 16.1 Å². The van der Waals surface area contributed by atoms with Crippen LogP contribution in [0.5, 0.6) is 0 Å². The molecule has 7 heteroatoms. The molecule has 0 bridgehead atoms. The molecule has 0 aromatic carbocycles. The SMILES string of the molecule is O=C(O)CCSc1nncc(=O)[nH]1. The highest BCUT2D eigenvalue weighted by atomic mass is 32.2. The molecular weight excluding hydrogens is 194 g/mol. The fraction of sp³-hybridized carbons (Fsp3) is 0.333. The fourth-order valence-corrected chi connectivity index (χ4v) is 1.34. The topological polar surface area (TPSA) is 95.9 Å². The number of aromatic amines is 1. The number of hydrogen-bond acceptors (Lipinski definition) is 5. The Morgan fingerprint density at radius 2 is 2.46 bits per heavy atom. The molecule has 1 rings (SSSR count). The van der Waals surface area contributed by atoms with E-state index in [0.29, 0.717) is 10.9 Å². The summed E-state index contributed by atoms with van der Waals surface area (Å²) in [5.74, 6) is -0.511. The molecule has 0 saturated heterocycles. The Hall–Kier alpha value is -1.37. The van der Waals surface area contributed by atoms with Gasteiger partial charge in [0, 0.05) is 5.75 Å². The molecule has 0 aliphatic heterocycles. The quantitative estimate of drug-likeness (QED) is 0.651. The molecule has 6 nitrogen and oxygen atoms in total. The van der Waals surface area contributed by atoms with Gasteiger partial charge in [0.25, 0.3) is 5.56 Å². The third-order valence-corrected chi connectivity index (χ3v) is 1.97. The van der Waals surface area contributed by atoms with Crippen molar-refractivity contribution >= 4 is 17.7 Å². The third-order valence-electron chi connectivity index (χ3n) is 1.11. The lowest BCUT2D eigenvalue weighted by Crippen LogP contribution is -2.08. The first-order valence-electron chi connectivity index (χ1n) is 3.45. The average molecular weight is 201 g/mol. The Morgan fingerprint density at radius 1 is 1.69 bits per heavy atom. The van der Waals surface area contributed by atoms with Gasteiger partial charge in [-0.3, -0.25) is 14.6 Å². The summed E-state index contributed by atoms with van der Waals surface area (Å²) in [6, 6.07) is 0. The van der Waals surface area contributed by atoms with Crippen LogP contribution >= 0.6 is 11.8 Å². The predicted octanol–water partition coefficient (Wildman–Crippen LogP) is -0.268. The minimum absolute atomic E-state index is 0.0310. The monoisotopic (exact) mass is 201 g/mol. The largest absolute Gasteiger partial charge is 0.481 e. The van der Waals surface area contributed by atoms with Crippen LogP contribution in [0.25, 0.3) is 0 Å². The molecule has 1 heterocycles. The van der Waals surface area contributed by atoms with Crippen molar-refractivity contribution in [3.8, 4) is 0 Å². The van der Waals surface area contributed by atoms with E-state index in [1.54, 1.807) is 0 Å². The van der Waals surface area contributed by atoms with Gasteiger partial charge < -0.3 is 5.11 Å². The van der Waals surface area contributed by atoms with Gasteiger partial charge in [-0.15, -0.1) is 5.10 Å². The fourth-order valence-electron chi connectivity index (χ4n) is 0.596. The Labute approximate surface area is 77.4 Å². The Bertz CT molecular complexity index is 351. The van der Waals surface area contributed by atoms with Gasteiger partial charge in [0.15, 0.2) is 5.16 Å². The van der Waals surface area contributed by atoms with Gasteiger partial charge in [0.05, 0.1) is 6.42 Å². The van der Waals surface area contributed by atoms with Crippen LogP contribution in [-0.4, -0.2) is 32.0 Å². The second-order valence-corrected chi connectivity index (χ2v) is 3.21. The summed E-state index contributed by atoms with van der Waals surface area (Å²) in [6.07, 6.45) is 1.09. The summed E-state index contributed by atoms with van der Waals surface area (Å²) >= 11 is 1.15. The molecule has 1 aromatic rings. The maximum Gasteiger partial charge on any atom is 0.304 e. The Balaban J connectivity index is 2.45. The van der Waals surface area contributed by atoms with Crippen molar-refractivity contribution in [3.05, 3.63) is 16.6 Å². The van der Waals surface area contributed by atoms with E-state index in [2.05, 4.69) is 15.2 Å². The van der Waals surface area contributed by atoms with E-state index >= 15 is 0 Å². The molecule has 0 atom stereocenters. The van der Waals surface area contributed by atoms with E-state index in [9.17, 15) is 9.59 Å². The molecule has 0 saturated carbocycles. The van der Waals surface area contributed by atoms with E-state index in [-0.39, 0.29) is 12.0 Å². The van der Waals surface area contributed by atoms with Crippen molar-refractivity contribution in [1.82, 2.24) is 15.2 Å². The van der Waals surface area contributed by atoms with Gasteiger partial charge in [-0.2, -0.15) is 5.10 Å². The Kier molecular flexibility index (Phi) is 3.44. The van der Waals surface area contributed by atoms with Gasteiger partial charge in [-0.05, 0) is 0 Å². The van der Waals surface area contributed by atoms with E-state index < -0.39 is 5.97 Å². The van der Waals surface area contributed by atoms with Crippen LogP contribution in [0.2, 0.25) is 0 Å². The standard InChI is InChI=1S/C6H7N3O3S/c10-4-3-7-9-6(8-4)13-2-1-5(11)12/h3H,1-2H2,(H,11,12)(H,8,9,10). The van der Waals surface area contributed by atoms with Crippen molar-refractivity contribution in [1.29, 1.82) is 0 Å². The van der Waals surface area contributed by atoms with Gasteiger partial charge in [0.2, 0.25) is 0 Å². The number of nitrogens with zero attached hydrogens (tertiary/aromatic N) is 2. The number of thioether (sulfide) groups is 1. The van der Waals surface area contributed by atoms with Crippen LogP contribution in [0.3, 0.4) is 0 Å². The number of nitrogens with one attached hydrogen (secondary N) is 1. The highest BCUT2D eigenvalue weighted by Gasteiger charge is 2.00. The van der Waals surface area contributed by atoms with Gasteiger partial charge in [0.1, 0.15) is 6.20 Å². The smallest absolute Gasteiger partial charge is 0.304 e. The molecule has 2 N–H and O–H groups in total. The number of hydrogen-bond donors (Lipinski definition) is 2. The van der Waals surface area contributed by atoms with Crippen molar-refractivity contribution in [2.75, 3.05) is 5.75 Å². The second kappa shape index (κ2) is 4.61. The number of carboxylic acid groups (broad SMARTS) is 1. The summed E-state index contributed by atoms with van der Waals surface area (Å²) in [5, 5.41) is 15.7. The molecular formula is C6H7N3O3S. The predicted molar refractivity (Wildman–Crippen MR) is 45.6 cm³/mol. The van der Waals surface area contributed by atoms with Crippen LogP contribution in [0, 0.1) is 0 Å². The van der Waals surface area contributed by atoms with Crippen molar-refractivity contribution in [2.24, 2.45) is 0 Å². The number of H-pyrrole nitrogens is 1. The van der Waals surface area contributed by atoms with Crippen molar-refractivity contribution < 1.29 is 9.90 Å². The molecule has 0 spiro atoms. The number of aliphatic carboxylic acids is 1. The molecule has 0 unspecified atom stereocenters. The van der Waals surface area contributed by atoms with E-state index in [0.717, 1.165) is 18.0 Å². The number of carbonyl (C=O) groups is 1. The number of rotatable bonds is 4. The Morgan fingerprint density at radius 3 is 3.08 bits per heavy atom. The molecule has 0 fully saturated rings. The molecule has 13 heavy (non-hydrogen) atoms. The lowest BCUT2D eigenvalue weighted by atomic mass is 10.5. The zero-order valence-corrected chi connectivity index (χ0v) is 7.37. The number of aromatic nitrogens is 3. The van der Waals surface area contributed by atoms with E-state index in [1.165, 1.54) is 0 Å². The minimum atomic E-state index is -0.876. The molecule has 0 radical (unpaired) electrons. The van der Waals surface area contributed by atoms with Crippen LogP contribution in [0.4, 0.5) is 0 Å². The van der Waals surface area contributed by atoms with E-state index in [4.69, 9.17) is 5.11 Å². The second-order valence-electron chi connectivity index (χ2n) is 2.13. The highest BCUT2D eigenvalue weighted by Crippen LogP contribution is 2.09. The van der Waals surface area contributed by atoms with Gasteiger partial charge >= 0.3 is 5.97 Å². The summed E-state index contributed by atoms with van der Waals surface area (Å²) < 4.78 is 0. The lowest BCUT2D eigenvalue weighted by Gasteiger charge is -1.95. The van der Waals surface area contributed by atoms with Gasteiger partial charge in [-0.1, -0.05) is 11.8 Å². The summed E-state index contributed by atoms with van der Waals surface area (Å²) in [7, 11) is 0. The van der Waals surface area contributed by atoms with Crippen molar-refractivity contribution in [2.45, 2.75) is 11.6 Å². The normalized spacial score (nSPS) is 9.85. The van der Waals surface area contributed by atoms with Gasteiger partial charge in [-0.25, -0.2) is 0 Å². The summed E-state index contributed by atoms with van der Waals surface area (Å²) in [4.78, 5) is 23.3. The summed E-state index contributed by atoms with van der Waals surface area (Å²) in [5.41, 5.74) is -0.340. The third kappa shape index (κ3) is 3.70. The average Bonchev–Trinajstić information content (AvgIpc) is 2.03. The minimum Gasteiger partial charge on any atom is -0.481 e. The van der Waals surface area contributed by atoms with Crippen LogP contribution in [-0.2, 0) is 4.79 Å². The van der Waals surface area contributed by atoms with Crippen LogP contribution < -0.4 is 5.56 Å². The first-order chi connectivity index (χ1) is 6.18. The molecule has 0 aliphatic rings. The van der Waals surface area contributed by atoms with Crippen LogP contribution in [0.1, 0.15) is 6.42 Å². The molecule has 0 amide bonds. The van der Waals surface area contributed by atoms with E-state index in [1.807, 2.05) is 0 Å². The lowest BCUT2D eigenvalue weighted by molar-refractivity contribution is -0.136. The van der Waals surface area contributed by atoms with Crippen molar-refractivity contribution in [3.63, 3.8) is 0 Å². The first-order valence-corrected chi connectivity index (χ1v) is 4.43. The zero-order valence-electron chi connectivity index (χ0n) is 6.56. The molecule has 70 valence electrons. The molecule has 1 aromatic heterocycles. The zero-order chi connectivity index (χ0) is 9.68.